The Labute approximate surface area is 94.3 Å². The summed E-state index contributed by atoms with van der Waals surface area (Å²) in [6.07, 6.45) is 2.89. The van der Waals surface area contributed by atoms with E-state index in [0.717, 1.165) is 0 Å². The SMILES string of the molecule is CCCC[SiH]1CC[Si](Br)(Br)CC1. The van der Waals surface area contributed by atoms with E-state index in [2.05, 4.69) is 37.5 Å². The van der Waals surface area contributed by atoms with Gasteiger partial charge < -0.3 is 0 Å². The van der Waals surface area contributed by atoms with Crippen LogP contribution in [0.2, 0.25) is 30.2 Å². The van der Waals surface area contributed by atoms with Gasteiger partial charge in [-0.2, -0.15) is 0 Å². The van der Waals surface area contributed by atoms with Crippen molar-refractivity contribution >= 4 is 44.7 Å². The van der Waals surface area contributed by atoms with Crippen LogP contribution in [0.4, 0.5) is 0 Å². The van der Waals surface area contributed by atoms with Gasteiger partial charge in [-0.15, -0.1) is 30.6 Å². The van der Waals surface area contributed by atoms with Gasteiger partial charge in [0.25, 0.3) is 0 Å². The molecule has 72 valence electrons. The lowest BCUT2D eigenvalue weighted by molar-refractivity contribution is 0.866. The van der Waals surface area contributed by atoms with E-state index in [1.807, 2.05) is 0 Å². The molecule has 12 heavy (non-hydrogen) atoms. The molecule has 0 radical (unpaired) electrons. The highest BCUT2D eigenvalue weighted by molar-refractivity contribution is 9.51. The number of hydrogen-bond acceptors (Lipinski definition) is 0. The Kier molecular flexibility index (Phi) is 5.08. The smallest absolute Gasteiger partial charge is 0.111 e. The second-order valence-corrected chi connectivity index (χ2v) is 22.4. The Hall–Kier alpha value is 1.39. The largest absolute Gasteiger partial charge is 0.200 e. The maximum absolute atomic E-state index is 3.87. The summed E-state index contributed by atoms with van der Waals surface area (Å²) in [5.41, 5.74) is 0. The monoisotopic (exact) mass is 328 g/mol. The molecule has 1 heterocycles. The van der Waals surface area contributed by atoms with Crippen LogP contribution >= 0.6 is 30.6 Å². The summed E-state index contributed by atoms with van der Waals surface area (Å²) in [4.78, 5) is 0. The molecule has 0 aromatic heterocycles. The van der Waals surface area contributed by atoms with Crippen LogP contribution in [0.15, 0.2) is 0 Å². The molecule has 1 saturated heterocycles. The minimum atomic E-state index is -1.01. The highest BCUT2D eigenvalue weighted by Crippen LogP contribution is 2.39. The third-order valence-corrected chi connectivity index (χ3v) is 14.2. The Balaban J connectivity index is 2.18. The van der Waals surface area contributed by atoms with Crippen molar-refractivity contribution in [3.8, 4) is 0 Å². The van der Waals surface area contributed by atoms with Crippen LogP contribution in [-0.2, 0) is 0 Å². The van der Waals surface area contributed by atoms with Crippen molar-refractivity contribution in [3.63, 3.8) is 0 Å². The number of unbranched alkanes of at least 4 members (excludes halogenated alkanes) is 1. The predicted molar refractivity (Wildman–Crippen MR) is 69.7 cm³/mol. The molecule has 0 saturated carbocycles. The molecule has 0 aromatic rings. The summed E-state index contributed by atoms with van der Waals surface area (Å²) in [6.45, 7) is 2.31. The van der Waals surface area contributed by atoms with Crippen molar-refractivity contribution in [2.45, 2.75) is 50.0 Å². The van der Waals surface area contributed by atoms with Gasteiger partial charge in [0.05, 0.1) is 0 Å². The highest BCUT2D eigenvalue weighted by Gasteiger charge is 2.32. The first-order valence-electron chi connectivity index (χ1n) is 5.02. The zero-order valence-electron chi connectivity index (χ0n) is 7.78. The van der Waals surface area contributed by atoms with Crippen LogP contribution in [0.3, 0.4) is 0 Å². The maximum atomic E-state index is 3.87. The minimum Gasteiger partial charge on any atom is -0.111 e. The summed E-state index contributed by atoms with van der Waals surface area (Å²) >= 11 is 7.73. The number of hydrogen-bond donors (Lipinski definition) is 0. The van der Waals surface area contributed by atoms with E-state index in [-0.39, 0.29) is 8.80 Å². The zero-order chi connectivity index (χ0) is 9.03. The third-order valence-electron chi connectivity index (χ3n) is 2.80. The first-order valence-corrected chi connectivity index (χ1v) is 14.4. The fourth-order valence-corrected chi connectivity index (χ4v) is 18.9. The molecule has 1 aliphatic rings. The van der Waals surface area contributed by atoms with Gasteiger partial charge in [-0.05, 0) is 12.1 Å². The van der Waals surface area contributed by atoms with Crippen molar-refractivity contribution in [1.82, 2.24) is 0 Å². The highest BCUT2D eigenvalue weighted by atomic mass is 79.9. The van der Waals surface area contributed by atoms with Gasteiger partial charge in [0, 0.05) is 8.80 Å². The van der Waals surface area contributed by atoms with Crippen molar-refractivity contribution in [1.29, 1.82) is 0 Å². The molecule has 0 spiro atoms. The Morgan fingerprint density at radius 3 is 2.33 bits per heavy atom. The summed E-state index contributed by atoms with van der Waals surface area (Å²) < 4.78 is 0. The molecule has 0 bridgehead atoms. The maximum Gasteiger partial charge on any atom is 0.200 e. The fourth-order valence-electron chi connectivity index (χ4n) is 1.88. The molecule has 0 atom stereocenters. The van der Waals surface area contributed by atoms with Crippen LogP contribution in [0, 0.1) is 0 Å². The molecule has 0 aromatic carbocycles. The molecule has 0 aliphatic carbocycles. The summed E-state index contributed by atoms with van der Waals surface area (Å²) in [5.74, 6) is 0. The molecule has 0 amide bonds. The second kappa shape index (κ2) is 5.32. The van der Waals surface area contributed by atoms with E-state index < -0.39 is 5.31 Å². The van der Waals surface area contributed by atoms with Crippen LogP contribution in [0.25, 0.3) is 0 Å². The Morgan fingerprint density at radius 2 is 1.83 bits per heavy atom. The molecule has 0 nitrogen and oxygen atoms in total. The standard InChI is InChI=1S/C8H18Br2Si2/c1-2-3-4-11-5-7-12(9,10)8-6-11/h11H,2-8H2,1H3. The zero-order valence-corrected chi connectivity index (χ0v) is 13.1. The molecule has 1 aliphatic heterocycles. The lowest BCUT2D eigenvalue weighted by Gasteiger charge is -2.28. The quantitative estimate of drug-likeness (QED) is 0.536. The van der Waals surface area contributed by atoms with Crippen LogP contribution < -0.4 is 0 Å². The molecule has 0 N–H and O–H groups in total. The molecular formula is C8H18Br2Si2. The lowest BCUT2D eigenvalue weighted by atomic mass is 10.4. The van der Waals surface area contributed by atoms with Crippen molar-refractivity contribution in [3.05, 3.63) is 0 Å². The van der Waals surface area contributed by atoms with E-state index in [9.17, 15) is 0 Å². The second-order valence-electron chi connectivity index (χ2n) is 3.94. The fraction of sp³-hybridized carbons (Fsp3) is 1.00. The van der Waals surface area contributed by atoms with E-state index in [1.54, 1.807) is 18.1 Å². The van der Waals surface area contributed by atoms with E-state index in [1.165, 1.54) is 24.9 Å². The van der Waals surface area contributed by atoms with Gasteiger partial charge in [0.2, 0.25) is 5.31 Å². The third kappa shape index (κ3) is 4.07. The summed E-state index contributed by atoms with van der Waals surface area (Å²) in [5, 5.41) is -1.01. The van der Waals surface area contributed by atoms with Crippen LogP contribution in [0.5, 0.6) is 0 Å². The van der Waals surface area contributed by atoms with Crippen LogP contribution in [-0.4, -0.2) is 14.1 Å². The van der Waals surface area contributed by atoms with Gasteiger partial charge in [-0.1, -0.05) is 37.9 Å². The predicted octanol–water partition coefficient (Wildman–Crippen LogP) is 4.26. The van der Waals surface area contributed by atoms with Gasteiger partial charge in [0.1, 0.15) is 0 Å². The first-order chi connectivity index (χ1) is 5.64. The van der Waals surface area contributed by atoms with Gasteiger partial charge in [-0.3, -0.25) is 0 Å². The average molecular weight is 330 g/mol. The van der Waals surface area contributed by atoms with E-state index in [0.29, 0.717) is 0 Å². The van der Waals surface area contributed by atoms with Crippen molar-refractivity contribution in [2.75, 3.05) is 0 Å². The van der Waals surface area contributed by atoms with Crippen LogP contribution in [0.1, 0.15) is 19.8 Å². The first kappa shape index (κ1) is 11.5. The van der Waals surface area contributed by atoms with E-state index in [4.69, 9.17) is 0 Å². The van der Waals surface area contributed by atoms with Gasteiger partial charge >= 0.3 is 0 Å². The normalized spacial score (nSPS) is 24.2. The Bertz CT molecular complexity index is 129. The molecule has 1 rings (SSSR count). The topological polar surface area (TPSA) is 0 Å². The molecule has 4 heteroatoms. The van der Waals surface area contributed by atoms with Gasteiger partial charge in [-0.25, -0.2) is 0 Å². The summed E-state index contributed by atoms with van der Waals surface area (Å²) in [7, 11) is -0.251. The summed E-state index contributed by atoms with van der Waals surface area (Å²) in [6, 6.07) is 7.80. The number of halogens is 2. The lowest BCUT2D eigenvalue weighted by Crippen LogP contribution is -2.29. The number of rotatable bonds is 3. The van der Waals surface area contributed by atoms with E-state index >= 15 is 0 Å². The van der Waals surface area contributed by atoms with Gasteiger partial charge in [0.15, 0.2) is 0 Å². The Morgan fingerprint density at radius 1 is 1.25 bits per heavy atom. The van der Waals surface area contributed by atoms with Crippen molar-refractivity contribution < 1.29 is 0 Å². The minimum absolute atomic E-state index is 0.251. The average Bonchev–Trinajstić information content (AvgIpc) is 2.03. The molecular weight excluding hydrogens is 312 g/mol. The molecule has 1 fully saturated rings. The van der Waals surface area contributed by atoms with Crippen molar-refractivity contribution in [2.24, 2.45) is 0 Å². The molecule has 0 unspecified atom stereocenters.